The van der Waals surface area contributed by atoms with Crippen molar-refractivity contribution in [2.24, 2.45) is 0 Å². The Hall–Kier alpha value is -2.77. The standard InChI is InChI=1S/C27H35N3O3/c1-2-8-27(32)30-14-7-13-28-19-25-21-9-3-5-11-23(21)26(20-29-15-17-33-18-16-31)24-12-6-4-10-22(24)25/h2-6,8-12,28-29,31H,7,13-20H2,1H3,(H,30,32). The molecule has 6 nitrogen and oxygen atoms in total. The number of benzene rings is 3. The number of hydrogen-bond donors (Lipinski definition) is 4. The minimum Gasteiger partial charge on any atom is -0.394 e. The predicted octanol–water partition coefficient (Wildman–Crippen LogP) is 3.26. The normalized spacial score (nSPS) is 11.6. The summed E-state index contributed by atoms with van der Waals surface area (Å²) >= 11 is 0. The first-order valence-corrected chi connectivity index (χ1v) is 11.7. The molecule has 3 aromatic carbocycles. The van der Waals surface area contributed by atoms with Crippen LogP contribution in [0.25, 0.3) is 21.5 Å². The molecule has 0 spiro atoms. The lowest BCUT2D eigenvalue weighted by molar-refractivity contribution is -0.116. The van der Waals surface area contributed by atoms with Gasteiger partial charge >= 0.3 is 0 Å². The maximum Gasteiger partial charge on any atom is 0.243 e. The van der Waals surface area contributed by atoms with Crippen molar-refractivity contribution in [3.05, 3.63) is 71.8 Å². The average Bonchev–Trinajstić information content (AvgIpc) is 2.84. The maximum atomic E-state index is 11.5. The van der Waals surface area contributed by atoms with Crippen LogP contribution in [0.15, 0.2) is 60.7 Å². The molecule has 0 fully saturated rings. The van der Waals surface area contributed by atoms with Crippen molar-refractivity contribution in [3.63, 3.8) is 0 Å². The fourth-order valence-corrected chi connectivity index (χ4v) is 4.06. The molecule has 0 bridgehead atoms. The van der Waals surface area contributed by atoms with E-state index in [0.29, 0.717) is 19.8 Å². The van der Waals surface area contributed by atoms with Crippen molar-refractivity contribution < 1.29 is 14.6 Å². The summed E-state index contributed by atoms with van der Waals surface area (Å²) < 4.78 is 5.36. The molecule has 0 heterocycles. The van der Waals surface area contributed by atoms with Gasteiger partial charge < -0.3 is 25.8 Å². The molecule has 33 heavy (non-hydrogen) atoms. The Labute approximate surface area is 196 Å². The van der Waals surface area contributed by atoms with Crippen molar-refractivity contribution >= 4 is 27.5 Å². The van der Waals surface area contributed by atoms with E-state index in [0.717, 1.165) is 32.6 Å². The van der Waals surface area contributed by atoms with Gasteiger partial charge in [-0.25, -0.2) is 0 Å². The number of allylic oxidation sites excluding steroid dienone is 1. The van der Waals surface area contributed by atoms with Crippen LogP contribution in [-0.4, -0.2) is 50.5 Å². The molecule has 0 saturated carbocycles. The molecule has 0 aliphatic rings. The first-order chi connectivity index (χ1) is 16.3. The Morgan fingerprint density at radius 2 is 1.39 bits per heavy atom. The van der Waals surface area contributed by atoms with Gasteiger partial charge in [0.2, 0.25) is 5.91 Å². The fourth-order valence-electron chi connectivity index (χ4n) is 4.06. The highest BCUT2D eigenvalue weighted by atomic mass is 16.5. The summed E-state index contributed by atoms with van der Waals surface area (Å²) in [6, 6.07) is 17.2. The van der Waals surface area contributed by atoms with Crippen LogP contribution in [0.5, 0.6) is 0 Å². The van der Waals surface area contributed by atoms with Crippen LogP contribution in [0.2, 0.25) is 0 Å². The molecule has 3 aromatic rings. The molecule has 0 aliphatic heterocycles. The zero-order valence-corrected chi connectivity index (χ0v) is 19.4. The summed E-state index contributed by atoms with van der Waals surface area (Å²) in [6.07, 6.45) is 4.16. The summed E-state index contributed by atoms with van der Waals surface area (Å²) in [5, 5.41) is 23.8. The van der Waals surface area contributed by atoms with E-state index in [2.05, 4.69) is 64.5 Å². The second kappa shape index (κ2) is 13.7. The average molecular weight is 450 g/mol. The van der Waals surface area contributed by atoms with Gasteiger partial charge in [0.1, 0.15) is 0 Å². The number of nitrogens with one attached hydrogen (secondary N) is 3. The van der Waals surface area contributed by atoms with Gasteiger partial charge in [0.25, 0.3) is 0 Å². The number of fused-ring (bicyclic) bond motifs is 2. The summed E-state index contributed by atoms with van der Waals surface area (Å²) in [5.74, 6) is -0.0429. The third-order valence-electron chi connectivity index (χ3n) is 5.56. The minimum absolute atomic E-state index is 0.0429. The Bertz CT molecular complexity index is 1010. The van der Waals surface area contributed by atoms with Gasteiger partial charge in [0.05, 0.1) is 19.8 Å². The zero-order chi connectivity index (χ0) is 23.3. The Kier molecular flexibility index (Phi) is 10.3. The lowest BCUT2D eigenvalue weighted by Crippen LogP contribution is -2.25. The van der Waals surface area contributed by atoms with E-state index < -0.39 is 0 Å². The predicted molar refractivity (Wildman–Crippen MR) is 135 cm³/mol. The first-order valence-electron chi connectivity index (χ1n) is 11.7. The van der Waals surface area contributed by atoms with Crippen LogP contribution in [0.1, 0.15) is 24.5 Å². The topological polar surface area (TPSA) is 82.6 Å². The molecular formula is C27H35N3O3. The number of hydrogen-bond acceptors (Lipinski definition) is 5. The number of aliphatic hydroxyl groups is 1. The van der Waals surface area contributed by atoms with Crippen molar-refractivity contribution in [2.75, 3.05) is 39.5 Å². The molecule has 3 rings (SSSR count). The van der Waals surface area contributed by atoms with Crippen LogP contribution < -0.4 is 16.0 Å². The van der Waals surface area contributed by atoms with Gasteiger partial charge in [-0.3, -0.25) is 4.79 Å². The Morgan fingerprint density at radius 1 is 0.848 bits per heavy atom. The first kappa shape index (κ1) is 24.9. The molecule has 0 unspecified atom stereocenters. The largest absolute Gasteiger partial charge is 0.394 e. The number of aliphatic hydroxyl groups excluding tert-OH is 1. The SMILES string of the molecule is CC=CC(=O)NCCCNCc1c2ccccc2c(CNCCOCCO)c2ccccc12. The van der Waals surface area contributed by atoms with Gasteiger partial charge in [-0.15, -0.1) is 0 Å². The molecule has 0 aliphatic carbocycles. The van der Waals surface area contributed by atoms with Crippen molar-refractivity contribution in [1.29, 1.82) is 0 Å². The van der Waals surface area contributed by atoms with Gasteiger partial charge in [0.15, 0.2) is 0 Å². The summed E-state index contributed by atoms with van der Waals surface area (Å²) in [7, 11) is 0. The van der Waals surface area contributed by atoms with Crippen LogP contribution >= 0.6 is 0 Å². The molecule has 0 atom stereocenters. The van der Waals surface area contributed by atoms with Crippen LogP contribution in [0, 0.1) is 0 Å². The molecule has 4 N–H and O–H groups in total. The molecule has 0 saturated heterocycles. The highest BCUT2D eigenvalue weighted by molar-refractivity contribution is 6.05. The van der Waals surface area contributed by atoms with E-state index in [1.165, 1.54) is 32.7 Å². The Morgan fingerprint density at radius 3 is 1.91 bits per heavy atom. The van der Waals surface area contributed by atoms with E-state index in [-0.39, 0.29) is 12.5 Å². The number of rotatable bonds is 14. The molecule has 1 amide bonds. The van der Waals surface area contributed by atoms with E-state index in [4.69, 9.17) is 9.84 Å². The van der Waals surface area contributed by atoms with Crippen LogP contribution in [-0.2, 0) is 22.6 Å². The minimum atomic E-state index is -0.0429. The van der Waals surface area contributed by atoms with E-state index in [1.54, 1.807) is 12.2 Å². The number of amides is 1. The van der Waals surface area contributed by atoms with Gasteiger partial charge in [-0.1, -0.05) is 54.6 Å². The fraction of sp³-hybridized carbons (Fsp3) is 0.370. The van der Waals surface area contributed by atoms with Crippen molar-refractivity contribution in [2.45, 2.75) is 26.4 Å². The molecule has 176 valence electrons. The van der Waals surface area contributed by atoms with Gasteiger partial charge in [-0.2, -0.15) is 0 Å². The second-order valence-corrected chi connectivity index (χ2v) is 7.88. The van der Waals surface area contributed by atoms with E-state index >= 15 is 0 Å². The highest BCUT2D eigenvalue weighted by Gasteiger charge is 2.13. The lowest BCUT2D eigenvalue weighted by Gasteiger charge is -2.18. The van der Waals surface area contributed by atoms with E-state index in [1.807, 2.05) is 6.92 Å². The third-order valence-corrected chi connectivity index (χ3v) is 5.56. The van der Waals surface area contributed by atoms with Crippen molar-refractivity contribution in [3.8, 4) is 0 Å². The van der Waals surface area contributed by atoms with Crippen LogP contribution in [0.3, 0.4) is 0 Å². The summed E-state index contributed by atoms with van der Waals surface area (Å²) in [4.78, 5) is 11.5. The highest BCUT2D eigenvalue weighted by Crippen LogP contribution is 2.33. The van der Waals surface area contributed by atoms with Gasteiger partial charge in [-0.05, 0) is 58.6 Å². The smallest absolute Gasteiger partial charge is 0.243 e. The summed E-state index contributed by atoms with van der Waals surface area (Å²) in [6.45, 7) is 6.58. The zero-order valence-electron chi connectivity index (χ0n) is 19.4. The molecule has 0 radical (unpaired) electrons. The number of carbonyl (C=O) groups excluding carboxylic acids is 1. The molecular weight excluding hydrogens is 414 g/mol. The second-order valence-electron chi connectivity index (χ2n) is 7.88. The lowest BCUT2D eigenvalue weighted by atomic mass is 9.91. The Balaban J connectivity index is 1.72. The summed E-state index contributed by atoms with van der Waals surface area (Å²) in [5.41, 5.74) is 2.59. The van der Waals surface area contributed by atoms with Crippen LogP contribution in [0.4, 0.5) is 0 Å². The number of carbonyl (C=O) groups is 1. The van der Waals surface area contributed by atoms with E-state index in [9.17, 15) is 4.79 Å². The maximum absolute atomic E-state index is 11.5. The monoisotopic (exact) mass is 449 g/mol. The quantitative estimate of drug-likeness (QED) is 0.173. The third kappa shape index (κ3) is 7.11. The van der Waals surface area contributed by atoms with Gasteiger partial charge in [0, 0.05) is 26.2 Å². The van der Waals surface area contributed by atoms with Crippen molar-refractivity contribution in [1.82, 2.24) is 16.0 Å². The molecule has 0 aromatic heterocycles. The number of ether oxygens (including phenoxy) is 1. The molecule has 6 heteroatoms.